The second-order valence-electron chi connectivity index (χ2n) is 6.66. The van der Waals surface area contributed by atoms with Gasteiger partial charge in [0.15, 0.2) is 11.5 Å². The van der Waals surface area contributed by atoms with Crippen LogP contribution in [0.5, 0.6) is 11.5 Å². The first-order valence-corrected chi connectivity index (χ1v) is 9.28. The van der Waals surface area contributed by atoms with Crippen LogP contribution in [0.15, 0.2) is 30.9 Å². The van der Waals surface area contributed by atoms with Crippen molar-refractivity contribution in [3.63, 3.8) is 0 Å². The maximum atomic E-state index is 12.5. The molecule has 8 heteroatoms. The third kappa shape index (κ3) is 5.12. The van der Waals surface area contributed by atoms with Gasteiger partial charge in [0.25, 0.3) is 0 Å². The van der Waals surface area contributed by atoms with Gasteiger partial charge >= 0.3 is 0 Å². The van der Waals surface area contributed by atoms with Gasteiger partial charge in [-0.15, -0.1) is 0 Å². The molecule has 2 aromatic rings. The van der Waals surface area contributed by atoms with Gasteiger partial charge in [0, 0.05) is 43.9 Å². The number of likely N-dealkylation sites (tertiary alicyclic amines) is 1. The number of aryl methyl sites for hydroxylation is 1. The number of hydrogen-bond acceptors (Lipinski definition) is 6. The molecule has 3 rings (SSSR count). The molecule has 1 saturated heterocycles. The molecule has 0 spiro atoms. The number of amides is 1. The molecule has 1 aliphatic heterocycles. The Kier molecular flexibility index (Phi) is 6.51. The predicted octanol–water partition coefficient (Wildman–Crippen LogP) is 2.18. The van der Waals surface area contributed by atoms with Gasteiger partial charge in [-0.1, -0.05) is 0 Å². The van der Waals surface area contributed by atoms with Crippen molar-refractivity contribution in [1.29, 1.82) is 0 Å². The molecule has 2 heterocycles. The van der Waals surface area contributed by atoms with Crippen molar-refractivity contribution >= 4 is 11.6 Å². The molecule has 1 atom stereocenters. The van der Waals surface area contributed by atoms with E-state index in [0.717, 1.165) is 38.0 Å². The van der Waals surface area contributed by atoms with Crippen molar-refractivity contribution in [2.24, 2.45) is 0 Å². The molecule has 1 N–H and O–H groups in total. The first-order valence-electron chi connectivity index (χ1n) is 9.28. The summed E-state index contributed by atoms with van der Waals surface area (Å²) in [5, 5.41) is 7.58. The maximum Gasteiger partial charge on any atom is 0.222 e. The van der Waals surface area contributed by atoms with Crippen LogP contribution in [0, 0.1) is 0 Å². The zero-order chi connectivity index (χ0) is 19.1. The van der Waals surface area contributed by atoms with Gasteiger partial charge in [0.05, 0.1) is 14.2 Å². The molecule has 0 radical (unpaired) electrons. The minimum absolute atomic E-state index is 0.203. The fraction of sp³-hybridized carbons (Fsp3) is 0.526. The molecule has 1 aliphatic rings. The quantitative estimate of drug-likeness (QED) is 0.764. The summed E-state index contributed by atoms with van der Waals surface area (Å²) in [6.07, 6.45) is 6.53. The van der Waals surface area contributed by atoms with Crippen LogP contribution >= 0.6 is 0 Å². The maximum absolute atomic E-state index is 12.5. The van der Waals surface area contributed by atoms with Gasteiger partial charge in [0.2, 0.25) is 5.91 Å². The van der Waals surface area contributed by atoms with E-state index in [1.165, 1.54) is 6.33 Å². The standard InChI is InChI=1S/C19H27N5O3/c1-26-17-8-7-15(11-18(17)27-2)22-16-5-3-9-23(12-16)19(25)6-4-10-24-14-20-13-21-24/h7-8,11,13-14,16,22H,3-6,9-10,12H2,1-2H3/t16-/m0/s1. The number of aromatic nitrogens is 3. The molecule has 1 aromatic carbocycles. The van der Waals surface area contributed by atoms with Crippen molar-refractivity contribution < 1.29 is 14.3 Å². The monoisotopic (exact) mass is 373 g/mol. The predicted molar refractivity (Wildman–Crippen MR) is 102 cm³/mol. The second kappa shape index (κ2) is 9.25. The highest BCUT2D eigenvalue weighted by Crippen LogP contribution is 2.30. The average Bonchev–Trinajstić information content (AvgIpc) is 3.21. The lowest BCUT2D eigenvalue weighted by Crippen LogP contribution is -2.45. The van der Waals surface area contributed by atoms with Crippen LogP contribution in [-0.4, -0.2) is 58.9 Å². The number of piperidine rings is 1. The summed E-state index contributed by atoms with van der Waals surface area (Å²) in [7, 11) is 3.25. The summed E-state index contributed by atoms with van der Waals surface area (Å²) >= 11 is 0. The van der Waals surface area contributed by atoms with E-state index in [-0.39, 0.29) is 11.9 Å². The number of hydrogen-bond donors (Lipinski definition) is 1. The SMILES string of the molecule is COc1ccc(N[C@H]2CCCN(C(=O)CCCn3cncn3)C2)cc1OC. The second-order valence-corrected chi connectivity index (χ2v) is 6.66. The molecule has 8 nitrogen and oxygen atoms in total. The molecular weight excluding hydrogens is 346 g/mol. The lowest BCUT2D eigenvalue weighted by molar-refractivity contribution is -0.132. The molecule has 0 unspecified atom stereocenters. The Morgan fingerprint density at radius 2 is 2.15 bits per heavy atom. The van der Waals surface area contributed by atoms with E-state index in [4.69, 9.17) is 9.47 Å². The van der Waals surface area contributed by atoms with Gasteiger partial charge in [-0.2, -0.15) is 5.10 Å². The van der Waals surface area contributed by atoms with E-state index in [0.29, 0.717) is 24.5 Å². The van der Waals surface area contributed by atoms with Gasteiger partial charge in [-0.3, -0.25) is 9.48 Å². The zero-order valence-corrected chi connectivity index (χ0v) is 15.9. The number of methoxy groups -OCH3 is 2. The van der Waals surface area contributed by atoms with E-state index in [9.17, 15) is 4.79 Å². The summed E-state index contributed by atoms with van der Waals surface area (Å²) in [6.45, 7) is 2.26. The van der Waals surface area contributed by atoms with Gasteiger partial charge in [-0.05, 0) is 31.4 Å². The molecule has 0 aliphatic carbocycles. The topological polar surface area (TPSA) is 81.5 Å². The van der Waals surface area contributed by atoms with Crippen molar-refractivity contribution in [2.45, 2.75) is 38.3 Å². The van der Waals surface area contributed by atoms with Gasteiger partial charge < -0.3 is 19.7 Å². The van der Waals surface area contributed by atoms with Crippen LogP contribution in [0.25, 0.3) is 0 Å². The molecule has 0 bridgehead atoms. The Hall–Kier alpha value is -2.77. The van der Waals surface area contributed by atoms with E-state index in [2.05, 4.69) is 15.4 Å². The average molecular weight is 373 g/mol. The smallest absolute Gasteiger partial charge is 0.222 e. The fourth-order valence-electron chi connectivity index (χ4n) is 3.38. The number of ether oxygens (including phenoxy) is 2. The first kappa shape index (κ1) is 19.0. The first-order chi connectivity index (χ1) is 13.2. The normalized spacial score (nSPS) is 16.8. The van der Waals surface area contributed by atoms with Crippen molar-refractivity contribution in [3.8, 4) is 11.5 Å². The zero-order valence-electron chi connectivity index (χ0n) is 15.9. The third-order valence-electron chi connectivity index (χ3n) is 4.77. The third-order valence-corrected chi connectivity index (χ3v) is 4.77. The van der Waals surface area contributed by atoms with E-state index in [1.54, 1.807) is 25.2 Å². The van der Waals surface area contributed by atoms with Crippen LogP contribution in [-0.2, 0) is 11.3 Å². The Balaban J connectivity index is 1.50. The largest absolute Gasteiger partial charge is 0.493 e. The minimum atomic E-state index is 0.203. The Morgan fingerprint density at radius 1 is 1.30 bits per heavy atom. The van der Waals surface area contributed by atoms with Crippen molar-refractivity contribution in [1.82, 2.24) is 19.7 Å². The van der Waals surface area contributed by atoms with Crippen molar-refractivity contribution in [3.05, 3.63) is 30.9 Å². The van der Waals surface area contributed by atoms with Crippen LogP contribution in [0.4, 0.5) is 5.69 Å². The summed E-state index contributed by atoms with van der Waals surface area (Å²) in [6, 6.07) is 6.02. The Labute approximate surface area is 159 Å². The highest BCUT2D eigenvalue weighted by Gasteiger charge is 2.23. The molecular formula is C19H27N5O3. The van der Waals surface area contributed by atoms with Crippen molar-refractivity contribution in [2.75, 3.05) is 32.6 Å². The number of carbonyl (C=O) groups is 1. The van der Waals surface area contributed by atoms with E-state index < -0.39 is 0 Å². The van der Waals surface area contributed by atoms with Gasteiger partial charge in [0.1, 0.15) is 12.7 Å². The van der Waals surface area contributed by atoms with Crippen LogP contribution in [0.1, 0.15) is 25.7 Å². The summed E-state index contributed by atoms with van der Waals surface area (Å²) in [4.78, 5) is 18.4. The lowest BCUT2D eigenvalue weighted by Gasteiger charge is -2.34. The van der Waals surface area contributed by atoms with Crippen LogP contribution in [0.2, 0.25) is 0 Å². The van der Waals surface area contributed by atoms with Crippen LogP contribution < -0.4 is 14.8 Å². The molecule has 0 saturated carbocycles. The summed E-state index contributed by atoms with van der Waals surface area (Å²) in [5.41, 5.74) is 0.970. The number of carbonyl (C=O) groups excluding carboxylic acids is 1. The summed E-state index contributed by atoms with van der Waals surface area (Å²) in [5.74, 6) is 1.60. The Morgan fingerprint density at radius 3 is 2.89 bits per heavy atom. The highest BCUT2D eigenvalue weighted by molar-refractivity contribution is 5.76. The van der Waals surface area contributed by atoms with Crippen LogP contribution in [0.3, 0.4) is 0 Å². The fourth-order valence-corrected chi connectivity index (χ4v) is 3.38. The number of rotatable bonds is 8. The Bertz CT molecular complexity index is 735. The minimum Gasteiger partial charge on any atom is -0.493 e. The lowest BCUT2D eigenvalue weighted by atomic mass is 10.0. The van der Waals surface area contributed by atoms with Gasteiger partial charge in [-0.25, -0.2) is 4.98 Å². The molecule has 1 fully saturated rings. The highest BCUT2D eigenvalue weighted by atomic mass is 16.5. The molecule has 27 heavy (non-hydrogen) atoms. The number of nitrogens with zero attached hydrogens (tertiary/aromatic N) is 4. The number of anilines is 1. The molecule has 1 amide bonds. The van der Waals surface area contributed by atoms with E-state index in [1.807, 2.05) is 23.1 Å². The number of nitrogens with one attached hydrogen (secondary N) is 1. The summed E-state index contributed by atoms with van der Waals surface area (Å²) < 4.78 is 12.4. The number of benzene rings is 1. The van der Waals surface area contributed by atoms with E-state index >= 15 is 0 Å². The molecule has 146 valence electrons. The molecule has 1 aromatic heterocycles.